The number of benzene rings is 1. The highest BCUT2D eigenvalue weighted by atomic mass is 16.2. The summed E-state index contributed by atoms with van der Waals surface area (Å²) in [6.45, 7) is 6.59. The minimum absolute atomic E-state index is 0.0881. The normalized spacial score (nSPS) is 18.8. The third kappa shape index (κ3) is 3.33. The van der Waals surface area contributed by atoms with E-state index >= 15 is 0 Å². The molecule has 1 amide bonds. The van der Waals surface area contributed by atoms with Crippen LogP contribution in [0.5, 0.6) is 0 Å². The number of hydrogen-bond donors (Lipinski definition) is 1. The summed E-state index contributed by atoms with van der Waals surface area (Å²) in [7, 11) is 1.92. The fourth-order valence-electron chi connectivity index (χ4n) is 3.08. The van der Waals surface area contributed by atoms with Gasteiger partial charge < -0.3 is 10.6 Å². The molecule has 1 aliphatic carbocycles. The zero-order valence-electron chi connectivity index (χ0n) is 13.1. The molecule has 0 radical (unpaired) electrons. The molecule has 1 aromatic rings. The number of carbonyl (C=O) groups is 1. The smallest absolute Gasteiger partial charge is 0.253 e. The molecule has 1 aromatic carbocycles. The van der Waals surface area contributed by atoms with Crippen molar-refractivity contribution in [2.45, 2.75) is 52.5 Å². The molecular weight excluding hydrogens is 248 g/mol. The summed E-state index contributed by atoms with van der Waals surface area (Å²) in [5, 5.41) is 0. The lowest BCUT2D eigenvalue weighted by atomic mass is 9.75. The molecule has 0 bridgehead atoms. The monoisotopic (exact) mass is 274 g/mol. The van der Waals surface area contributed by atoms with Crippen LogP contribution in [0, 0.1) is 12.3 Å². The first kappa shape index (κ1) is 14.9. The molecule has 0 atom stereocenters. The molecule has 1 saturated carbocycles. The van der Waals surface area contributed by atoms with Crippen molar-refractivity contribution < 1.29 is 4.79 Å². The van der Waals surface area contributed by atoms with E-state index < -0.39 is 0 Å². The molecule has 0 aromatic heterocycles. The topological polar surface area (TPSA) is 46.3 Å². The average Bonchev–Trinajstić information content (AvgIpc) is 2.36. The van der Waals surface area contributed by atoms with Crippen LogP contribution < -0.4 is 5.73 Å². The summed E-state index contributed by atoms with van der Waals surface area (Å²) in [4.78, 5) is 14.5. The predicted molar refractivity (Wildman–Crippen MR) is 83.7 cm³/mol. The molecule has 0 heterocycles. The van der Waals surface area contributed by atoms with Gasteiger partial charge in [-0.3, -0.25) is 4.79 Å². The van der Waals surface area contributed by atoms with E-state index in [0.717, 1.165) is 18.4 Å². The van der Waals surface area contributed by atoms with Gasteiger partial charge in [0.15, 0.2) is 0 Å². The van der Waals surface area contributed by atoms with Gasteiger partial charge in [-0.25, -0.2) is 0 Å². The van der Waals surface area contributed by atoms with Crippen molar-refractivity contribution in [1.82, 2.24) is 4.90 Å². The van der Waals surface area contributed by atoms with Gasteiger partial charge in [-0.2, -0.15) is 0 Å². The van der Waals surface area contributed by atoms with Crippen LogP contribution in [0.2, 0.25) is 0 Å². The largest absolute Gasteiger partial charge is 0.399 e. The Kier molecular flexibility index (Phi) is 4.07. The Morgan fingerprint density at radius 1 is 1.25 bits per heavy atom. The quantitative estimate of drug-likeness (QED) is 0.837. The van der Waals surface area contributed by atoms with E-state index in [9.17, 15) is 4.79 Å². The molecule has 0 saturated heterocycles. The van der Waals surface area contributed by atoms with Crippen LogP contribution >= 0.6 is 0 Å². The summed E-state index contributed by atoms with van der Waals surface area (Å²) in [5.41, 5.74) is 8.66. The molecule has 110 valence electrons. The standard InChI is InChI=1S/C17H26N2O/c1-12-9-13(11-14(18)10-12)16(20)19(4)15-5-7-17(2,3)8-6-15/h9-11,15H,5-8,18H2,1-4H3. The van der Waals surface area contributed by atoms with Gasteiger partial charge in [-0.1, -0.05) is 13.8 Å². The van der Waals surface area contributed by atoms with E-state index in [0.29, 0.717) is 22.7 Å². The molecule has 0 aliphatic heterocycles. The van der Waals surface area contributed by atoms with Gasteiger partial charge in [0.25, 0.3) is 5.91 Å². The van der Waals surface area contributed by atoms with E-state index in [1.54, 1.807) is 6.07 Å². The van der Waals surface area contributed by atoms with Crippen LogP contribution in [-0.4, -0.2) is 23.9 Å². The molecule has 0 unspecified atom stereocenters. The number of aryl methyl sites for hydroxylation is 1. The fraction of sp³-hybridized carbons (Fsp3) is 0.588. The van der Waals surface area contributed by atoms with Gasteiger partial charge in [-0.15, -0.1) is 0 Å². The lowest BCUT2D eigenvalue weighted by Crippen LogP contribution is -2.40. The molecule has 2 N–H and O–H groups in total. The zero-order chi connectivity index (χ0) is 14.9. The maximum atomic E-state index is 12.6. The van der Waals surface area contributed by atoms with Crippen LogP contribution in [0.3, 0.4) is 0 Å². The van der Waals surface area contributed by atoms with Crippen molar-refractivity contribution in [2.24, 2.45) is 5.41 Å². The summed E-state index contributed by atoms with van der Waals surface area (Å²) in [5.74, 6) is 0.0881. The Labute approximate surface area is 122 Å². The van der Waals surface area contributed by atoms with E-state index in [1.165, 1.54) is 12.8 Å². The molecule has 1 aliphatic rings. The first-order valence-electron chi connectivity index (χ1n) is 7.43. The highest BCUT2D eigenvalue weighted by Crippen LogP contribution is 2.36. The molecule has 2 rings (SSSR count). The third-order valence-corrected chi connectivity index (χ3v) is 4.52. The van der Waals surface area contributed by atoms with E-state index in [-0.39, 0.29) is 5.91 Å². The van der Waals surface area contributed by atoms with Gasteiger partial charge in [-0.05, 0) is 61.8 Å². The summed E-state index contributed by atoms with van der Waals surface area (Å²) >= 11 is 0. The first-order valence-corrected chi connectivity index (χ1v) is 7.43. The molecule has 3 nitrogen and oxygen atoms in total. The Balaban J connectivity index is 2.09. The molecule has 1 fully saturated rings. The number of rotatable bonds is 2. The first-order chi connectivity index (χ1) is 9.28. The Bertz CT molecular complexity index is 477. The Morgan fingerprint density at radius 2 is 1.85 bits per heavy atom. The van der Waals surface area contributed by atoms with Crippen LogP contribution in [0.1, 0.15) is 55.5 Å². The second-order valence-electron chi connectivity index (χ2n) is 6.94. The maximum absolute atomic E-state index is 12.6. The van der Waals surface area contributed by atoms with Crippen molar-refractivity contribution in [1.29, 1.82) is 0 Å². The van der Waals surface area contributed by atoms with Gasteiger partial charge in [0.2, 0.25) is 0 Å². The second-order valence-corrected chi connectivity index (χ2v) is 6.94. The predicted octanol–water partition coefficient (Wildman–Crippen LogP) is 3.62. The SMILES string of the molecule is Cc1cc(N)cc(C(=O)N(C)C2CCC(C)(C)CC2)c1. The van der Waals surface area contributed by atoms with E-state index in [1.807, 2.05) is 31.0 Å². The second kappa shape index (κ2) is 5.47. The number of nitrogens with two attached hydrogens (primary N) is 1. The van der Waals surface area contributed by atoms with Crippen molar-refractivity contribution in [3.63, 3.8) is 0 Å². The Hall–Kier alpha value is -1.51. The average molecular weight is 274 g/mol. The highest BCUT2D eigenvalue weighted by Gasteiger charge is 2.30. The minimum atomic E-state index is 0.0881. The van der Waals surface area contributed by atoms with Crippen molar-refractivity contribution in [3.05, 3.63) is 29.3 Å². The summed E-state index contributed by atoms with van der Waals surface area (Å²) < 4.78 is 0. The van der Waals surface area contributed by atoms with Crippen molar-refractivity contribution in [3.8, 4) is 0 Å². The lowest BCUT2D eigenvalue weighted by Gasteiger charge is -2.38. The van der Waals surface area contributed by atoms with Crippen LogP contribution in [-0.2, 0) is 0 Å². The number of amides is 1. The van der Waals surface area contributed by atoms with Crippen LogP contribution in [0.4, 0.5) is 5.69 Å². The van der Waals surface area contributed by atoms with E-state index in [2.05, 4.69) is 13.8 Å². The number of carbonyl (C=O) groups excluding carboxylic acids is 1. The molecule has 3 heteroatoms. The van der Waals surface area contributed by atoms with E-state index in [4.69, 9.17) is 5.73 Å². The number of nitrogen functional groups attached to an aromatic ring is 1. The van der Waals surface area contributed by atoms with Crippen molar-refractivity contribution >= 4 is 11.6 Å². The Morgan fingerprint density at radius 3 is 2.40 bits per heavy atom. The zero-order valence-corrected chi connectivity index (χ0v) is 13.1. The maximum Gasteiger partial charge on any atom is 0.253 e. The van der Waals surface area contributed by atoms with Gasteiger partial charge in [0, 0.05) is 24.3 Å². The summed E-state index contributed by atoms with van der Waals surface area (Å²) in [6, 6.07) is 5.94. The van der Waals surface area contributed by atoms with Crippen molar-refractivity contribution in [2.75, 3.05) is 12.8 Å². The molecule has 0 spiro atoms. The molecule has 20 heavy (non-hydrogen) atoms. The fourth-order valence-corrected chi connectivity index (χ4v) is 3.08. The lowest BCUT2D eigenvalue weighted by molar-refractivity contribution is 0.0635. The number of nitrogens with zero attached hydrogens (tertiary/aromatic N) is 1. The number of hydrogen-bond acceptors (Lipinski definition) is 2. The number of anilines is 1. The van der Waals surface area contributed by atoms with Crippen LogP contribution in [0.15, 0.2) is 18.2 Å². The van der Waals surface area contributed by atoms with Gasteiger partial charge in [0.1, 0.15) is 0 Å². The third-order valence-electron chi connectivity index (χ3n) is 4.52. The highest BCUT2D eigenvalue weighted by molar-refractivity contribution is 5.95. The van der Waals surface area contributed by atoms with Gasteiger partial charge in [0.05, 0.1) is 0 Å². The summed E-state index contributed by atoms with van der Waals surface area (Å²) in [6.07, 6.45) is 4.56. The minimum Gasteiger partial charge on any atom is -0.399 e. The molecular formula is C17H26N2O. The van der Waals surface area contributed by atoms with Crippen LogP contribution in [0.25, 0.3) is 0 Å². The van der Waals surface area contributed by atoms with Gasteiger partial charge >= 0.3 is 0 Å².